The number of aromatic nitrogens is 1. The van der Waals surface area contributed by atoms with Gasteiger partial charge in [-0.15, -0.1) is 11.3 Å². The summed E-state index contributed by atoms with van der Waals surface area (Å²) in [5.41, 5.74) is 1.60. The van der Waals surface area contributed by atoms with Crippen molar-refractivity contribution in [2.24, 2.45) is 0 Å². The zero-order valence-corrected chi connectivity index (χ0v) is 16.9. The number of fused-ring (bicyclic) bond motifs is 1. The van der Waals surface area contributed by atoms with Crippen LogP contribution in [0.15, 0.2) is 42.5 Å². The zero-order valence-electron chi connectivity index (χ0n) is 16.1. The summed E-state index contributed by atoms with van der Waals surface area (Å²) < 4.78 is 11.8. The quantitative estimate of drug-likeness (QED) is 0.661. The average molecular weight is 398 g/mol. The van der Waals surface area contributed by atoms with Crippen molar-refractivity contribution in [1.29, 1.82) is 0 Å². The molecule has 1 amide bonds. The van der Waals surface area contributed by atoms with E-state index in [-0.39, 0.29) is 5.91 Å². The molecule has 1 fully saturated rings. The summed E-state index contributed by atoms with van der Waals surface area (Å²) in [7, 11) is 3.17. The molecule has 0 aliphatic carbocycles. The SMILES string of the molecule is COc1ccc(OC)c(C(=O)N2CCN(Cc3nc4ccccc4s3)CC2)c1. The van der Waals surface area contributed by atoms with Crippen LogP contribution in [0.5, 0.6) is 11.5 Å². The van der Waals surface area contributed by atoms with Crippen LogP contribution < -0.4 is 9.47 Å². The number of piperazine rings is 1. The van der Waals surface area contributed by atoms with Gasteiger partial charge in [0.05, 0.1) is 36.5 Å². The number of ether oxygens (including phenoxy) is 2. The van der Waals surface area contributed by atoms with Gasteiger partial charge in [-0.05, 0) is 30.3 Å². The van der Waals surface area contributed by atoms with Crippen molar-refractivity contribution >= 4 is 27.5 Å². The number of thiazole rings is 1. The average Bonchev–Trinajstić information content (AvgIpc) is 3.15. The van der Waals surface area contributed by atoms with Crippen molar-refractivity contribution in [3.63, 3.8) is 0 Å². The molecule has 1 saturated heterocycles. The molecule has 1 aliphatic heterocycles. The molecule has 0 spiro atoms. The highest BCUT2D eigenvalue weighted by Gasteiger charge is 2.25. The second-order valence-electron chi connectivity index (χ2n) is 6.71. The van der Waals surface area contributed by atoms with E-state index in [0.717, 1.165) is 30.2 Å². The van der Waals surface area contributed by atoms with E-state index in [1.165, 1.54) is 4.70 Å². The molecule has 1 aliphatic rings. The van der Waals surface area contributed by atoms with E-state index >= 15 is 0 Å². The van der Waals surface area contributed by atoms with Crippen LogP contribution in [-0.4, -0.2) is 61.1 Å². The fraction of sp³-hybridized carbons (Fsp3) is 0.333. The van der Waals surface area contributed by atoms with Crippen LogP contribution in [0.25, 0.3) is 10.2 Å². The molecule has 7 heteroatoms. The fourth-order valence-electron chi connectivity index (χ4n) is 3.44. The van der Waals surface area contributed by atoms with E-state index in [4.69, 9.17) is 14.5 Å². The van der Waals surface area contributed by atoms with Crippen molar-refractivity contribution in [1.82, 2.24) is 14.8 Å². The van der Waals surface area contributed by atoms with E-state index in [1.54, 1.807) is 43.8 Å². The molecule has 28 heavy (non-hydrogen) atoms. The Morgan fingerprint density at radius 2 is 1.86 bits per heavy atom. The fourth-order valence-corrected chi connectivity index (χ4v) is 4.45. The Bertz CT molecular complexity index is 947. The van der Waals surface area contributed by atoms with E-state index < -0.39 is 0 Å². The molecule has 3 aromatic rings. The van der Waals surface area contributed by atoms with Gasteiger partial charge in [-0.25, -0.2) is 4.98 Å². The van der Waals surface area contributed by atoms with Crippen molar-refractivity contribution in [3.8, 4) is 11.5 Å². The summed E-state index contributed by atoms with van der Waals surface area (Å²) in [5.74, 6) is 1.21. The first-order chi connectivity index (χ1) is 13.7. The van der Waals surface area contributed by atoms with Gasteiger partial charge in [0.2, 0.25) is 0 Å². The number of amides is 1. The molecule has 1 aromatic heterocycles. The molecule has 2 aromatic carbocycles. The van der Waals surface area contributed by atoms with Gasteiger partial charge in [0, 0.05) is 26.2 Å². The molecule has 146 valence electrons. The number of para-hydroxylation sites is 1. The molecule has 0 bridgehead atoms. The second-order valence-corrected chi connectivity index (χ2v) is 7.83. The lowest BCUT2D eigenvalue weighted by atomic mass is 10.1. The summed E-state index contributed by atoms with van der Waals surface area (Å²) in [4.78, 5) is 21.9. The molecule has 6 nitrogen and oxygen atoms in total. The molecule has 2 heterocycles. The maximum absolute atomic E-state index is 13.0. The van der Waals surface area contributed by atoms with Gasteiger partial charge < -0.3 is 14.4 Å². The largest absolute Gasteiger partial charge is 0.497 e. The summed E-state index contributed by atoms with van der Waals surface area (Å²) in [5, 5.41) is 1.12. The number of rotatable bonds is 5. The molecule has 0 saturated carbocycles. The molecular formula is C21H23N3O3S. The number of benzene rings is 2. The van der Waals surface area contributed by atoms with Gasteiger partial charge in [0.1, 0.15) is 16.5 Å². The summed E-state index contributed by atoms with van der Waals surface area (Å²) in [6, 6.07) is 13.5. The van der Waals surface area contributed by atoms with Crippen molar-refractivity contribution < 1.29 is 14.3 Å². The first-order valence-electron chi connectivity index (χ1n) is 9.26. The molecule has 0 unspecified atom stereocenters. The smallest absolute Gasteiger partial charge is 0.257 e. The van der Waals surface area contributed by atoms with Crippen LogP contribution in [0.1, 0.15) is 15.4 Å². The number of hydrogen-bond donors (Lipinski definition) is 0. The molecular weight excluding hydrogens is 374 g/mol. The Balaban J connectivity index is 1.40. The van der Waals surface area contributed by atoms with Crippen molar-refractivity contribution in [2.45, 2.75) is 6.54 Å². The second kappa shape index (κ2) is 8.16. The summed E-state index contributed by atoms with van der Waals surface area (Å²) in [6.45, 7) is 3.85. The van der Waals surface area contributed by atoms with Crippen LogP contribution in [0, 0.1) is 0 Å². The predicted octanol–water partition coefficient (Wildman–Crippen LogP) is 3.27. The van der Waals surface area contributed by atoms with Crippen LogP contribution in [0.3, 0.4) is 0 Å². The maximum atomic E-state index is 13.0. The summed E-state index contributed by atoms with van der Waals surface area (Å²) in [6.07, 6.45) is 0. The number of carbonyl (C=O) groups excluding carboxylic acids is 1. The van der Waals surface area contributed by atoms with Crippen molar-refractivity contribution in [3.05, 3.63) is 53.0 Å². The Hall–Kier alpha value is -2.64. The topological polar surface area (TPSA) is 54.9 Å². The first kappa shape index (κ1) is 18.7. The Labute approximate surface area is 168 Å². The third-order valence-electron chi connectivity index (χ3n) is 4.99. The minimum atomic E-state index is -0.0182. The van der Waals surface area contributed by atoms with Gasteiger partial charge in [-0.3, -0.25) is 9.69 Å². The minimum Gasteiger partial charge on any atom is -0.497 e. The highest BCUT2D eigenvalue weighted by atomic mass is 32.1. The molecule has 0 atom stereocenters. The van der Waals surface area contributed by atoms with E-state index in [1.807, 2.05) is 23.1 Å². The van der Waals surface area contributed by atoms with Crippen molar-refractivity contribution in [2.75, 3.05) is 40.4 Å². The molecule has 0 radical (unpaired) electrons. The Morgan fingerprint density at radius 1 is 1.07 bits per heavy atom. The third kappa shape index (κ3) is 3.81. The minimum absolute atomic E-state index is 0.0182. The summed E-state index contributed by atoms with van der Waals surface area (Å²) >= 11 is 1.74. The zero-order chi connectivity index (χ0) is 19.5. The van der Waals surface area contributed by atoms with Gasteiger partial charge in [0.25, 0.3) is 5.91 Å². The highest BCUT2D eigenvalue weighted by molar-refractivity contribution is 7.18. The highest BCUT2D eigenvalue weighted by Crippen LogP contribution is 2.26. The van der Waals surface area contributed by atoms with Crippen LogP contribution in [0.2, 0.25) is 0 Å². The lowest BCUT2D eigenvalue weighted by molar-refractivity contribution is 0.0625. The first-order valence-corrected chi connectivity index (χ1v) is 10.1. The standard InChI is InChI=1S/C21H23N3O3S/c1-26-15-7-8-18(27-2)16(13-15)21(25)24-11-9-23(10-12-24)14-20-22-17-5-3-4-6-19(17)28-20/h3-8,13H,9-12,14H2,1-2H3. The predicted molar refractivity (Wildman–Crippen MR) is 110 cm³/mol. The van der Waals surface area contributed by atoms with Gasteiger partial charge >= 0.3 is 0 Å². The number of hydrogen-bond acceptors (Lipinski definition) is 6. The van der Waals surface area contributed by atoms with Crippen LogP contribution in [-0.2, 0) is 6.54 Å². The van der Waals surface area contributed by atoms with E-state index in [9.17, 15) is 4.79 Å². The van der Waals surface area contributed by atoms with E-state index in [0.29, 0.717) is 30.2 Å². The number of carbonyl (C=O) groups is 1. The van der Waals surface area contributed by atoms with Crippen LogP contribution in [0.4, 0.5) is 0 Å². The van der Waals surface area contributed by atoms with Gasteiger partial charge in [-0.1, -0.05) is 12.1 Å². The Kier molecular flexibility index (Phi) is 5.45. The monoisotopic (exact) mass is 397 g/mol. The normalized spacial score (nSPS) is 15.0. The lowest BCUT2D eigenvalue weighted by Crippen LogP contribution is -2.48. The number of methoxy groups -OCH3 is 2. The van der Waals surface area contributed by atoms with Gasteiger partial charge in [-0.2, -0.15) is 0 Å². The molecule has 4 rings (SSSR count). The van der Waals surface area contributed by atoms with Gasteiger partial charge in [0.15, 0.2) is 0 Å². The van der Waals surface area contributed by atoms with Crippen LogP contribution >= 0.6 is 11.3 Å². The maximum Gasteiger partial charge on any atom is 0.257 e. The Morgan fingerprint density at radius 3 is 2.57 bits per heavy atom. The lowest BCUT2D eigenvalue weighted by Gasteiger charge is -2.34. The third-order valence-corrected chi connectivity index (χ3v) is 6.01. The number of nitrogens with zero attached hydrogens (tertiary/aromatic N) is 3. The van der Waals surface area contributed by atoms with E-state index in [2.05, 4.69) is 11.0 Å². The molecule has 0 N–H and O–H groups in total.